The minimum absolute atomic E-state index is 0.134. The molecule has 0 bridgehead atoms. The van der Waals surface area contributed by atoms with Crippen molar-refractivity contribution in [2.45, 2.75) is 6.42 Å². The molecule has 2 aromatic carbocycles. The fourth-order valence-electron chi connectivity index (χ4n) is 3.42. The summed E-state index contributed by atoms with van der Waals surface area (Å²) in [5, 5.41) is 16.4. The van der Waals surface area contributed by atoms with E-state index in [1.165, 1.54) is 42.7 Å². The zero-order valence-electron chi connectivity index (χ0n) is 20.1. The van der Waals surface area contributed by atoms with Crippen LogP contribution in [0, 0.1) is 0 Å². The first-order valence-electron chi connectivity index (χ1n) is 10.3. The highest BCUT2D eigenvalue weighted by atomic mass is 16.5. The molecule has 0 saturated heterocycles. The smallest absolute Gasteiger partial charge is 0.248 e. The molecule has 0 spiro atoms. The minimum Gasteiger partial charge on any atom is -0.493 e. The van der Waals surface area contributed by atoms with Gasteiger partial charge in [-0.3, -0.25) is 0 Å². The maximum absolute atomic E-state index is 5.81. The van der Waals surface area contributed by atoms with Gasteiger partial charge in [0.2, 0.25) is 35.1 Å². The fourth-order valence-corrected chi connectivity index (χ4v) is 3.42. The second-order valence-electron chi connectivity index (χ2n) is 7.01. The van der Waals surface area contributed by atoms with Crippen molar-refractivity contribution in [1.29, 1.82) is 0 Å². The average molecular weight is 484 g/mol. The van der Waals surface area contributed by atoms with Gasteiger partial charge in [-0.2, -0.15) is 0 Å². The Morgan fingerprint density at radius 3 is 1.14 bits per heavy atom. The summed E-state index contributed by atoms with van der Waals surface area (Å²) in [6.45, 7) is 0. The number of methoxy groups -OCH3 is 6. The predicted molar refractivity (Wildman–Crippen MR) is 122 cm³/mol. The Morgan fingerprint density at radius 1 is 0.514 bits per heavy atom. The Bertz CT molecular complexity index is 1170. The van der Waals surface area contributed by atoms with Gasteiger partial charge in [0.05, 0.1) is 42.7 Å². The highest BCUT2D eigenvalue weighted by molar-refractivity contribution is 5.66. The number of hydrogen-bond acceptors (Lipinski definition) is 12. The average Bonchev–Trinajstić information content (AvgIpc) is 3.57. The summed E-state index contributed by atoms with van der Waals surface area (Å²) in [7, 11) is 9.18. The second kappa shape index (κ2) is 10.2. The molecule has 0 unspecified atom stereocenters. The van der Waals surface area contributed by atoms with Crippen molar-refractivity contribution in [3.8, 4) is 57.4 Å². The summed E-state index contributed by atoms with van der Waals surface area (Å²) in [4.78, 5) is 0. The molecular weight excluding hydrogens is 460 g/mol. The van der Waals surface area contributed by atoms with Gasteiger partial charge < -0.3 is 37.3 Å². The summed E-state index contributed by atoms with van der Waals surface area (Å²) in [6.07, 6.45) is 0.134. The fraction of sp³-hybridized carbons (Fsp3) is 0.304. The molecule has 0 fully saturated rings. The molecule has 12 heteroatoms. The second-order valence-corrected chi connectivity index (χ2v) is 7.01. The van der Waals surface area contributed by atoms with E-state index in [1.807, 2.05) is 0 Å². The third-order valence-electron chi connectivity index (χ3n) is 5.06. The van der Waals surface area contributed by atoms with Crippen molar-refractivity contribution in [1.82, 2.24) is 20.4 Å². The van der Waals surface area contributed by atoms with Crippen LogP contribution in [0.5, 0.6) is 34.5 Å². The van der Waals surface area contributed by atoms with Crippen LogP contribution in [0.15, 0.2) is 33.1 Å². The van der Waals surface area contributed by atoms with Crippen molar-refractivity contribution in [3.63, 3.8) is 0 Å². The third kappa shape index (κ3) is 4.63. The molecule has 2 heterocycles. The van der Waals surface area contributed by atoms with Gasteiger partial charge in [-0.1, -0.05) is 0 Å². The summed E-state index contributed by atoms with van der Waals surface area (Å²) < 4.78 is 43.8. The summed E-state index contributed by atoms with van der Waals surface area (Å²) in [6, 6.07) is 6.86. The van der Waals surface area contributed by atoms with Crippen LogP contribution in [0.25, 0.3) is 22.9 Å². The van der Waals surface area contributed by atoms with Crippen LogP contribution in [0.2, 0.25) is 0 Å². The van der Waals surface area contributed by atoms with Crippen molar-refractivity contribution >= 4 is 0 Å². The van der Waals surface area contributed by atoms with Gasteiger partial charge in [-0.15, -0.1) is 20.4 Å². The molecular formula is C23H24N4O8. The van der Waals surface area contributed by atoms with Crippen molar-refractivity contribution in [2.24, 2.45) is 0 Å². The minimum atomic E-state index is 0.134. The van der Waals surface area contributed by atoms with Crippen LogP contribution in [-0.4, -0.2) is 63.1 Å². The Labute approximate surface area is 200 Å². The highest BCUT2D eigenvalue weighted by Gasteiger charge is 2.20. The van der Waals surface area contributed by atoms with Crippen molar-refractivity contribution in [3.05, 3.63) is 36.0 Å². The highest BCUT2D eigenvalue weighted by Crippen LogP contribution is 2.42. The van der Waals surface area contributed by atoms with Gasteiger partial charge in [-0.05, 0) is 24.3 Å². The van der Waals surface area contributed by atoms with Crippen LogP contribution in [0.4, 0.5) is 0 Å². The molecule has 12 nitrogen and oxygen atoms in total. The van der Waals surface area contributed by atoms with E-state index in [-0.39, 0.29) is 30.0 Å². The Morgan fingerprint density at radius 2 is 0.857 bits per heavy atom. The van der Waals surface area contributed by atoms with Gasteiger partial charge in [0, 0.05) is 11.1 Å². The number of nitrogens with zero attached hydrogens (tertiary/aromatic N) is 4. The normalized spacial score (nSPS) is 10.7. The summed E-state index contributed by atoms with van der Waals surface area (Å²) in [5.74, 6) is 3.89. The number of benzene rings is 2. The van der Waals surface area contributed by atoms with Gasteiger partial charge in [0.25, 0.3) is 0 Å². The Hall–Kier alpha value is -4.48. The van der Waals surface area contributed by atoms with E-state index >= 15 is 0 Å². The number of ether oxygens (including phenoxy) is 6. The van der Waals surface area contributed by atoms with Gasteiger partial charge in [0.15, 0.2) is 23.0 Å². The Kier molecular flexibility index (Phi) is 6.90. The van der Waals surface area contributed by atoms with Crippen LogP contribution in [0.1, 0.15) is 11.8 Å². The molecule has 2 aromatic heterocycles. The first-order chi connectivity index (χ1) is 17.0. The molecule has 4 aromatic rings. The first kappa shape index (κ1) is 23.7. The maximum atomic E-state index is 5.81. The molecule has 35 heavy (non-hydrogen) atoms. The van der Waals surface area contributed by atoms with E-state index in [9.17, 15) is 0 Å². The van der Waals surface area contributed by atoms with E-state index in [1.54, 1.807) is 24.3 Å². The Balaban J connectivity index is 1.58. The van der Waals surface area contributed by atoms with Crippen LogP contribution in [-0.2, 0) is 6.42 Å². The topological polar surface area (TPSA) is 133 Å². The standard InChI is InChI=1S/C23H24N4O8/c1-28-14-7-12(8-15(29-2)20(14)32-5)22-26-24-18(34-22)11-19-25-27-23(35-19)13-9-16(30-3)21(33-6)17(10-13)31-4/h7-10H,11H2,1-6H3. The van der Waals surface area contributed by atoms with Gasteiger partial charge in [-0.25, -0.2) is 0 Å². The lowest BCUT2D eigenvalue weighted by Gasteiger charge is -2.12. The van der Waals surface area contributed by atoms with E-state index in [4.69, 9.17) is 37.3 Å². The monoisotopic (exact) mass is 484 g/mol. The maximum Gasteiger partial charge on any atom is 0.248 e. The summed E-state index contributed by atoms with van der Waals surface area (Å²) in [5.41, 5.74) is 1.20. The van der Waals surface area contributed by atoms with Crippen LogP contribution in [0.3, 0.4) is 0 Å². The van der Waals surface area contributed by atoms with Crippen LogP contribution < -0.4 is 28.4 Å². The van der Waals surface area contributed by atoms with E-state index in [2.05, 4.69) is 20.4 Å². The molecule has 184 valence electrons. The largest absolute Gasteiger partial charge is 0.493 e. The molecule has 0 atom stereocenters. The number of rotatable bonds is 10. The molecule has 0 aliphatic rings. The van der Waals surface area contributed by atoms with E-state index in [0.29, 0.717) is 45.6 Å². The molecule has 0 aliphatic carbocycles. The quantitative estimate of drug-likeness (QED) is 0.326. The molecule has 0 amide bonds. The SMILES string of the molecule is COc1cc(-c2nnc(Cc3nnc(-c4cc(OC)c(OC)c(OC)c4)o3)o2)cc(OC)c1OC. The molecule has 0 aliphatic heterocycles. The lowest BCUT2D eigenvalue weighted by molar-refractivity contribution is 0.324. The van der Waals surface area contributed by atoms with Gasteiger partial charge >= 0.3 is 0 Å². The molecule has 0 radical (unpaired) electrons. The lowest BCUT2D eigenvalue weighted by Crippen LogP contribution is -1.95. The molecule has 0 N–H and O–H groups in total. The molecule has 4 rings (SSSR count). The van der Waals surface area contributed by atoms with E-state index in [0.717, 1.165) is 0 Å². The van der Waals surface area contributed by atoms with E-state index < -0.39 is 0 Å². The molecule has 0 saturated carbocycles. The number of aromatic nitrogens is 4. The zero-order chi connectivity index (χ0) is 24.9. The van der Waals surface area contributed by atoms with Crippen LogP contribution >= 0.6 is 0 Å². The van der Waals surface area contributed by atoms with Crippen molar-refractivity contribution < 1.29 is 37.3 Å². The number of hydrogen-bond donors (Lipinski definition) is 0. The first-order valence-corrected chi connectivity index (χ1v) is 10.3. The zero-order valence-corrected chi connectivity index (χ0v) is 20.1. The predicted octanol–water partition coefficient (Wildman–Crippen LogP) is 3.43. The summed E-state index contributed by atoms with van der Waals surface area (Å²) >= 11 is 0. The lowest BCUT2D eigenvalue weighted by atomic mass is 10.2. The van der Waals surface area contributed by atoms with Gasteiger partial charge in [0.1, 0.15) is 6.42 Å². The third-order valence-corrected chi connectivity index (χ3v) is 5.06. The van der Waals surface area contributed by atoms with Crippen molar-refractivity contribution in [2.75, 3.05) is 42.7 Å².